The van der Waals surface area contributed by atoms with Crippen LogP contribution < -0.4 is 10.1 Å². The number of carbonyl (C=O) groups excluding carboxylic acids is 3. The fourth-order valence-corrected chi connectivity index (χ4v) is 4.45. The smallest absolute Gasteiger partial charge is 0.308 e. The van der Waals surface area contributed by atoms with Gasteiger partial charge in [0.05, 0.1) is 18.6 Å². The Balaban J connectivity index is 1.73. The number of piperazine rings is 1. The van der Waals surface area contributed by atoms with Gasteiger partial charge in [-0.15, -0.1) is 0 Å². The average Bonchev–Trinajstić information content (AvgIpc) is 2.76. The summed E-state index contributed by atoms with van der Waals surface area (Å²) in [5.74, 6) is -0.124. The Bertz CT molecular complexity index is 823. The monoisotopic (exact) mass is 508 g/mol. The van der Waals surface area contributed by atoms with Crippen LogP contribution in [0.25, 0.3) is 0 Å². The number of hydrogen-bond acceptors (Lipinski definition) is 5. The molecule has 2 aliphatic rings. The van der Waals surface area contributed by atoms with Crippen LogP contribution in [0.1, 0.15) is 69.2 Å². The Kier molecular flexibility index (Phi) is 8.96. The van der Waals surface area contributed by atoms with E-state index in [1.807, 2.05) is 6.07 Å². The highest BCUT2D eigenvalue weighted by molar-refractivity contribution is 9.10. The summed E-state index contributed by atoms with van der Waals surface area (Å²) in [5, 5.41) is 2.77. The molecule has 1 saturated heterocycles. The standard InChI is InChI=1S/C24H33BrN2O5/c1-16(2)10-13-31-21-9-8-17(25)14-19(21)24(30)27-12-11-26-23(29)20(27)15-22(28)32-18-6-4-3-5-7-18/h8-9,14,16,18,20H,3-7,10-13,15H2,1-2H3,(H,26,29). The van der Waals surface area contributed by atoms with E-state index in [-0.39, 0.29) is 24.3 Å². The second-order valence-electron chi connectivity index (χ2n) is 8.93. The molecule has 1 N–H and O–H groups in total. The van der Waals surface area contributed by atoms with Crippen molar-refractivity contribution in [1.29, 1.82) is 0 Å². The Morgan fingerprint density at radius 2 is 1.97 bits per heavy atom. The minimum absolute atomic E-state index is 0.0851. The Labute approximate surface area is 198 Å². The molecule has 0 spiro atoms. The van der Waals surface area contributed by atoms with Gasteiger partial charge in [-0.2, -0.15) is 0 Å². The first-order valence-electron chi connectivity index (χ1n) is 11.6. The zero-order chi connectivity index (χ0) is 23.1. The molecule has 1 atom stereocenters. The van der Waals surface area contributed by atoms with Crippen molar-refractivity contribution in [3.63, 3.8) is 0 Å². The van der Waals surface area contributed by atoms with Crippen LogP contribution >= 0.6 is 15.9 Å². The van der Waals surface area contributed by atoms with Crippen LogP contribution in [0.15, 0.2) is 22.7 Å². The van der Waals surface area contributed by atoms with Crippen LogP contribution in [-0.2, 0) is 14.3 Å². The molecule has 32 heavy (non-hydrogen) atoms. The SMILES string of the molecule is CC(C)CCOc1ccc(Br)cc1C(=O)N1CCNC(=O)C1CC(=O)OC1CCCCC1. The number of amides is 2. The lowest BCUT2D eigenvalue weighted by Crippen LogP contribution is -2.58. The topological polar surface area (TPSA) is 84.9 Å². The van der Waals surface area contributed by atoms with Crippen LogP contribution in [0.2, 0.25) is 0 Å². The van der Waals surface area contributed by atoms with Gasteiger partial charge >= 0.3 is 5.97 Å². The third-order valence-electron chi connectivity index (χ3n) is 5.93. The third-order valence-corrected chi connectivity index (χ3v) is 6.42. The van der Waals surface area contributed by atoms with E-state index < -0.39 is 12.0 Å². The zero-order valence-corrected chi connectivity index (χ0v) is 20.5. The molecule has 176 valence electrons. The van der Waals surface area contributed by atoms with Gasteiger partial charge in [0.25, 0.3) is 5.91 Å². The highest BCUT2D eigenvalue weighted by atomic mass is 79.9. The van der Waals surface area contributed by atoms with Crippen molar-refractivity contribution in [2.45, 2.75) is 70.9 Å². The summed E-state index contributed by atoms with van der Waals surface area (Å²) in [5.41, 5.74) is 0.378. The number of halogens is 1. The molecule has 1 aromatic rings. The highest BCUT2D eigenvalue weighted by Gasteiger charge is 2.37. The molecule has 7 nitrogen and oxygen atoms in total. The van der Waals surface area contributed by atoms with E-state index >= 15 is 0 Å². The summed E-state index contributed by atoms with van der Waals surface area (Å²) < 4.78 is 12.2. The van der Waals surface area contributed by atoms with Crippen molar-refractivity contribution >= 4 is 33.7 Å². The molecule has 1 saturated carbocycles. The molecule has 0 radical (unpaired) electrons. The number of rotatable bonds is 8. The van der Waals surface area contributed by atoms with Crippen LogP contribution in [-0.4, -0.2) is 54.5 Å². The number of benzene rings is 1. The average molecular weight is 509 g/mol. The Hall–Kier alpha value is -2.09. The van der Waals surface area contributed by atoms with E-state index in [0.29, 0.717) is 36.9 Å². The van der Waals surface area contributed by atoms with E-state index in [0.717, 1.165) is 43.0 Å². The molecule has 8 heteroatoms. The molecule has 3 rings (SSSR count). The fraction of sp³-hybridized carbons (Fsp3) is 0.625. The quantitative estimate of drug-likeness (QED) is 0.534. The van der Waals surface area contributed by atoms with Crippen LogP contribution in [0, 0.1) is 5.92 Å². The summed E-state index contributed by atoms with van der Waals surface area (Å²) in [7, 11) is 0. The molecule has 1 aromatic carbocycles. The van der Waals surface area contributed by atoms with Gasteiger partial charge in [-0.1, -0.05) is 36.2 Å². The van der Waals surface area contributed by atoms with Gasteiger partial charge in [-0.05, 0) is 56.2 Å². The summed E-state index contributed by atoms with van der Waals surface area (Å²) in [4.78, 5) is 40.2. The maximum atomic E-state index is 13.5. The Morgan fingerprint density at radius 1 is 1.22 bits per heavy atom. The molecule has 0 aromatic heterocycles. The van der Waals surface area contributed by atoms with Crippen molar-refractivity contribution in [2.24, 2.45) is 5.92 Å². The van der Waals surface area contributed by atoms with E-state index in [2.05, 4.69) is 35.1 Å². The molecule has 0 bridgehead atoms. The molecular formula is C24H33BrN2O5. The van der Waals surface area contributed by atoms with Gasteiger partial charge in [-0.25, -0.2) is 0 Å². The van der Waals surface area contributed by atoms with Gasteiger partial charge < -0.3 is 19.7 Å². The predicted molar refractivity (Wildman–Crippen MR) is 125 cm³/mol. The minimum Gasteiger partial charge on any atom is -0.493 e. The number of esters is 1. The molecule has 1 aliphatic carbocycles. The lowest BCUT2D eigenvalue weighted by Gasteiger charge is -2.35. The number of ether oxygens (including phenoxy) is 2. The van der Waals surface area contributed by atoms with Crippen molar-refractivity contribution in [1.82, 2.24) is 10.2 Å². The molecule has 2 amide bonds. The van der Waals surface area contributed by atoms with E-state index in [4.69, 9.17) is 9.47 Å². The van der Waals surface area contributed by atoms with Crippen molar-refractivity contribution < 1.29 is 23.9 Å². The van der Waals surface area contributed by atoms with Crippen molar-refractivity contribution in [2.75, 3.05) is 19.7 Å². The van der Waals surface area contributed by atoms with Gasteiger partial charge in [0.15, 0.2) is 0 Å². The van der Waals surface area contributed by atoms with Crippen LogP contribution in [0.3, 0.4) is 0 Å². The third kappa shape index (κ3) is 6.70. The summed E-state index contributed by atoms with van der Waals surface area (Å²) in [6.07, 6.45) is 5.62. The molecule has 2 fully saturated rings. The molecule has 1 aliphatic heterocycles. The molecule has 1 unspecified atom stereocenters. The molecular weight excluding hydrogens is 476 g/mol. The number of nitrogens with one attached hydrogen (secondary N) is 1. The summed E-state index contributed by atoms with van der Waals surface area (Å²) >= 11 is 3.42. The largest absolute Gasteiger partial charge is 0.493 e. The summed E-state index contributed by atoms with van der Waals surface area (Å²) in [6.45, 7) is 5.39. The van der Waals surface area contributed by atoms with Crippen molar-refractivity contribution in [3.05, 3.63) is 28.2 Å². The van der Waals surface area contributed by atoms with Gasteiger partial charge in [0.1, 0.15) is 17.9 Å². The molecule has 1 heterocycles. The van der Waals surface area contributed by atoms with Gasteiger partial charge in [-0.3, -0.25) is 14.4 Å². The maximum absolute atomic E-state index is 13.5. The second kappa shape index (κ2) is 11.7. The first-order valence-corrected chi connectivity index (χ1v) is 12.3. The minimum atomic E-state index is -0.894. The van der Waals surface area contributed by atoms with Gasteiger partial charge in [0, 0.05) is 17.6 Å². The van der Waals surface area contributed by atoms with E-state index in [1.165, 1.54) is 4.90 Å². The summed E-state index contributed by atoms with van der Waals surface area (Å²) in [6, 6.07) is 4.39. The van der Waals surface area contributed by atoms with E-state index in [9.17, 15) is 14.4 Å². The first-order chi connectivity index (χ1) is 15.3. The van der Waals surface area contributed by atoms with Crippen LogP contribution in [0.5, 0.6) is 5.75 Å². The zero-order valence-electron chi connectivity index (χ0n) is 18.9. The number of hydrogen-bond donors (Lipinski definition) is 1. The highest BCUT2D eigenvalue weighted by Crippen LogP contribution is 2.27. The lowest BCUT2D eigenvalue weighted by molar-refractivity contribution is -0.153. The van der Waals surface area contributed by atoms with Crippen molar-refractivity contribution in [3.8, 4) is 5.75 Å². The Morgan fingerprint density at radius 3 is 2.69 bits per heavy atom. The first kappa shape index (κ1) is 24.6. The number of nitrogens with zero attached hydrogens (tertiary/aromatic N) is 1. The van der Waals surface area contributed by atoms with Crippen LogP contribution in [0.4, 0.5) is 0 Å². The fourth-order valence-electron chi connectivity index (χ4n) is 4.09. The lowest BCUT2D eigenvalue weighted by atomic mass is 9.98. The van der Waals surface area contributed by atoms with E-state index in [1.54, 1.807) is 12.1 Å². The maximum Gasteiger partial charge on any atom is 0.308 e. The normalized spacial score (nSPS) is 19.6. The second-order valence-corrected chi connectivity index (χ2v) is 9.85. The number of carbonyl (C=O) groups is 3. The predicted octanol–water partition coefficient (Wildman–Crippen LogP) is 4.08. The van der Waals surface area contributed by atoms with Gasteiger partial charge in [0.2, 0.25) is 5.91 Å².